The average Bonchev–Trinajstić information content (AvgIpc) is 2.64. The number of hydrogen-bond donors (Lipinski definition) is 0. The van der Waals surface area contributed by atoms with Crippen molar-refractivity contribution < 1.29 is 0 Å². The number of aromatic nitrogens is 1. The summed E-state index contributed by atoms with van der Waals surface area (Å²) >= 11 is 0. The van der Waals surface area contributed by atoms with E-state index in [0.29, 0.717) is 17.8 Å². The molecule has 0 radical (unpaired) electrons. The Bertz CT molecular complexity index is 722. The molecule has 1 aromatic heterocycles. The Morgan fingerprint density at radius 3 is 2.20 bits per heavy atom. The highest BCUT2D eigenvalue weighted by Gasteiger charge is 2.28. The third-order valence-corrected chi connectivity index (χ3v) is 4.97. The number of hydrogen-bond acceptors (Lipinski definition) is 1. The lowest BCUT2D eigenvalue weighted by atomic mass is 9.72. The molecule has 0 aliphatic carbocycles. The molecule has 0 N–H and O–H groups in total. The monoisotopic (exact) mass is 331 g/mol. The Balaban J connectivity index is 2.49. The van der Waals surface area contributed by atoms with Gasteiger partial charge in [0, 0.05) is 12.4 Å². The summed E-state index contributed by atoms with van der Waals surface area (Å²) in [6.07, 6.45) is 12.1. The predicted octanol–water partition coefficient (Wildman–Crippen LogP) is 6.60. The fourth-order valence-electron chi connectivity index (χ4n) is 3.57. The summed E-state index contributed by atoms with van der Waals surface area (Å²) in [6.45, 7) is 12.7. The first kappa shape index (κ1) is 18.9. The van der Waals surface area contributed by atoms with Gasteiger partial charge in [-0.15, -0.1) is 0 Å². The average molecular weight is 332 g/mol. The zero-order chi connectivity index (χ0) is 18.2. The molecule has 1 nitrogen and oxygen atoms in total. The van der Waals surface area contributed by atoms with Crippen molar-refractivity contribution in [1.82, 2.24) is 4.98 Å². The van der Waals surface area contributed by atoms with Crippen LogP contribution in [0.15, 0.2) is 85.2 Å². The van der Waals surface area contributed by atoms with Crippen LogP contribution in [-0.2, 0) is 0 Å². The van der Waals surface area contributed by atoms with Crippen LogP contribution in [0.1, 0.15) is 49.3 Å². The first-order chi connectivity index (χ1) is 12.1. The summed E-state index contributed by atoms with van der Waals surface area (Å²) in [5.74, 6) is 1.14. The molecular weight excluding hydrogens is 302 g/mol. The van der Waals surface area contributed by atoms with Gasteiger partial charge in [-0.1, -0.05) is 74.6 Å². The molecule has 3 unspecified atom stereocenters. The number of benzene rings is 1. The third kappa shape index (κ3) is 4.79. The fraction of sp³-hybridized carbons (Fsp3) is 0.292. The lowest BCUT2D eigenvalue weighted by Gasteiger charge is -2.31. The van der Waals surface area contributed by atoms with E-state index in [1.54, 1.807) is 0 Å². The smallest absolute Gasteiger partial charge is 0.0270 e. The lowest BCUT2D eigenvalue weighted by Crippen LogP contribution is -2.18. The van der Waals surface area contributed by atoms with Crippen molar-refractivity contribution in [3.63, 3.8) is 0 Å². The van der Waals surface area contributed by atoms with Gasteiger partial charge in [0.15, 0.2) is 0 Å². The van der Waals surface area contributed by atoms with Crippen LogP contribution in [0.3, 0.4) is 0 Å². The van der Waals surface area contributed by atoms with Gasteiger partial charge in [-0.05, 0) is 60.4 Å². The molecule has 0 saturated carbocycles. The molecule has 1 aromatic carbocycles. The van der Waals surface area contributed by atoms with E-state index >= 15 is 0 Å². The highest BCUT2D eigenvalue weighted by molar-refractivity contribution is 5.35. The summed E-state index contributed by atoms with van der Waals surface area (Å²) in [4.78, 5) is 4.17. The second-order valence-corrected chi connectivity index (χ2v) is 6.70. The van der Waals surface area contributed by atoms with Crippen LogP contribution >= 0.6 is 0 Å². The Hall–Kier alpha value is -2.41. The zero-order valence-corrected chi connectivity index (χ0v) is 15.8. The van der Waals surface area contributed by atoms with Crippen LogP contribution in [0, 0.1) is 12.8 Å². The van der Waals surface area contributed by atoms with E-state index in [-0.39, 0.29) is 0 Å². The molecule has 0 aliphatic rings. The maximum atomic E-state index is 4.17. The minimum atomic E-state index is 0.375. The molecule has 0 fully saturated rings. The van der Waals surface area contributed by atoms with Gasteiger partial charge >= 0.3 is 0 Å². The first-order valence-electron chi connectivity index (χ1n) is 9.00. The zero-order valence-electron chi connectivity index (χ0n) is 15.8. The Kier molecular flexibility index (Phi) is 6.94. The van der Waals surface area contributed by atoms with Gasteiger partial charge in [0.05, 0.1) is 0 Å². The van der Waals surface area contributed by atoms with Crippen molar-refractivity contribution in [3.05, 3.63) is 102 Å². The van der Waals surface area contributed by atoms with E-state index in [1.165, 1.54) is 22.3 Å². The predicted molar refractivity (Wildman–Crippen MR) is 109 cm³/mol. The second-order valence-electron chi connectivity index (χ2n) is 6.70. The van der Waals surface area contributed by atoms with Crippen molar-refractivity contribution in [2.75, 3.05) is 0 Å². The minimum Gasteiger partial charge on any atom is -0.265 e. The maximum Gasteiger partial charge on any atom is 0.0270 e. The van der Waals surface area contributed by atoms with Gasteiger partial charge in [0.25, 0.3) is 0 Å². The molecule has 0 aliphatic heterocycles. The molecule has 1 heterocycles. The summed E-state index contributed by atoms with van der Waals surface area (Å²) in [5, 5.41) is 0. The van der Waals surface area contributed by atoms with Crippen molar-refractivity contribution in [2.45, 2.75) is 39.5 Å². The normalized spacial score (nSPS) is 15.8. The highest BCUT2D eigenvalue weighted by Crippen LogP contribution is 2.41. The van der Waals surface area contributed by atoms with E-state index in [9.17, 15) is 0 Å². The second kappa shape index (κ2) is 9.17. The maximum absolute atomic E-state index is 4.17. The van der Waals surface area contributed by atoms with Crippen LogP contribution in [-0.4, -0.2) is 4.98 Å². The van der Waals surface area contributed by atoms with Crippen molar-refractivity contribution in [2.24, 2.45) is 5.92 Å². The van der Waals surface area contributed by atoms with Crippen LogP contribution < -0.4 is 0 Å². The molecule has 0 saturated heterocycles. The largest absolute Gasteiger partial charge is 0.265 e. The van der Waals surface area contributed by atoms with Crippen LogP contribution in [0.2, 0.25) is 0 Å². The number of nitrogens with zero attached hydrogens (tertiary/aromatic N) is 1. The molecule has 2 aromatic rings. The number of rotatable bonds is 7. The summed E-state index contributed by atoms with van der Waals surface area (Å²) in [6, 6.07) is 13.2. The molecule has 2 rings (SSSR count). The summed E-state index contributed by atoms with van der Waals surface area (Å²) in [7, 11) is 0. The van der Waals surface area contributed by atoms with Crippen LogP contribution in [0.5, 0.6) is 0 Å². The molecule has 0 amide bonds. The fourth-order valence-corrected chi connectivity index (χ4v) is 3.57. The van der Waals surface area contributed by atoms with E-state index < -0.39 is 0 Å². The van der Waals surface area contributed by atoms with Crippen LogP contribution in [0.25, 0.3) is 0 Å². The minimum absolute atomic E-state index is 0.375. The third-order valence-electron chi connectivity index (χ3n) is 4.97. The number of allylic oxidation sites excluding steroid dienone is 5. The standard InChI is InChI=1S/C24H29N/c1-6-8-21(9-7-2)19(4)24(23-12-10-18(3)11-13-23)20(5)22-14-16-25-17-15-22/h6-17,19-20,24H,1H2,2-5H3/b9-7-,21-8+. The van der Waals surface area contributed by atoms with E-state index in [4.69, 9.17) is 0 Å². The quantitative estimate of drug-likeness (QED) is 0.521. The lowest BCUT2D eigenvalue weighted by molar-refractivity contribution is 0.461. The number of aryl methyl sites for hydroxylation is 1. The molecule has 130 valence electrons. The van der Waals surface area contributed by atoms with Crippen molar-refractivity contribution in [3.8, 4) is 0 Å². The first-order valence-corrected chi connectivity index (χ1v) is 9.00. The van der Waals surface area contributed by atoms with Gasteiger partial charge in [-0.2, -0.15) is 0 Å². The van der Waals surface area contributed by atoms with Gasteiger partial charge in [0.1, 0.15) is 0 Å². The molecule has 25 heavy (non-hydrogen) atoms. The summed E-state index contributed by atoms with van der Waals surface area (Å²) < 4.78 is 0. The van der Waals surface area contributed by atoms with Crippen LogP contribution in [0.4, 0.5) is 0 Å². The highest BCUT2D eigenvalue weighted by atomic mass is 14.6. The summed E-state index contributed by atoms with van der Waals surface area (Å²) in [5.41, 5.74) is 5.30. The Morgan fingerprint density at radius 1 is 1.00 bits per heavy atom. The Labute approximate surface area is 152 Å². The van der Waals surface area contributed by atoms with Gasteiger partial charge < -0.3 is 0 Å². The molecule has 0 spiro atoms. The van der Waals surface area contributed by atoms with E-state index in [1.807, 2.05) is 18.5 Å². The number of pyridine rings is 1. The van der Waals surface area contributed by atoms with Gasteiger partial charge in [0.2, 0.25) is 0 Å². The SMILES string of the molecule is C=C/C=C(\C=C/C)C(C)C(c1ccc(C)cc1)C(C)c1ccncc1. The van der Waals surface area contributed by atoms with Crippen molar-refractivity contribution in [1.29, 1.82) is 0 Å². The van der Waals surface area contributed by atoms with E-state index in [0.717, 1.165) is 0 Å². The molecule has 0 bridgehead atoms. The van der Waals surface area contributed by atoms with E-state index in [2.05, 4.69) is 93.9 Å². The van der Waals surface area contributed by atoms with Crippen molar-refractivity contribution >= 4 is 0 Å². The molecule has 3 atom stereocenters. The van der Waals surface area contributed by atoms with Gasteiger partial charge in [-0.3, -0.25) is 4.98 Å². The topological polar surface area (TPSA) is 12.9 Å². The van der Waals surface area contributed by atoms with Gasteiger partial charge in [-0.25, -0.2) is 0 Å². The molecular formula is C24H29N. The molecule has 1 heteroatoms. The Morgan fingerprint density at radius 2 is 1.64 bits per heavy atom.